The Hall–Kier alpha value is -3.55. The molecule has 0 spiro atoms. The highest BCUT2D eigenvalue weighted by molar-refractivity contribution is 5.94. The highest BCUT2D eigenvalue weighted by Crippen LogP contribution is 2.41. The molecular formula is C24H27N3O5. The second-order valence-electron chi connectivity index (χ2n) is 7.83. The average Bonchev–Trinajstić information content (AvgIpc) is 3.33. The summed E-state index contributed by atoms with van der Waals surface area (Å²) in [5, 5.41) is 4.17. The van der Waals surface area contributed by atoms with Gasteiger partial charge in [-0.3, -0.25) is 4.79 Å². The first-order valence-electron chi connectivity index (χ1n) is 10.5. The number of methoxy groups -OCH3 is 3. The van der Waals surface area contributed by atoms with E-state index >= 15 is 0 Å². The van der Waals surface area contributed by atoms with Gasteiger partial charge in [-0.25, -0.2) is 0 Å². The Morgan fingerprint density at radius 2 is 1.84 bits per heavy atom. The lowest BCUT2D eigenvalue weighted by Crippen LogP contribution is -2.39. The number of aromatic nitrogens is 2. The minimum Gasteiger partial charge on any atom is -0.493 e. The van der Waals surface area contributed by atoms with Crippen LogP contribution in [0.1, 0.15) is 40.6 Å². The van der Waals surface area contributed by atoms with Gasteiger partial charge in [0.1, 0.15) is 0 Å². The second kappa shape index (κ2) is 9.30. The van der Waals surface area contributed by atoms with Crippen molar-refractivity contribution in [2.45, 2.75) is 25.7 Å². The molecule has 0 unspecified atom stereocenters. The third-order valence-electron chi connectivity index (χ3n) is 5.69. The summed E-state index contributed by atoms with van der Waals surface area (Å²) in [6, 6.07) is 11.2. The topological polar surface area (TPSA) is 86.9 Å². The van der Waals surface area contributed by atoms with Crippen LogP contribution in [0, 0.1) is 6.92 Å². The van der Waals surface area contributed by atoms with Crippen LogP contribution in [0.3, 0.4) is 0 Å². The molecule has 4 rings (SSSR count). The summed E-state index contributed by atoms with van der Waals surface area (Å²) in [5.41, 5.74) is 2.46. The zero-order chi connectivity index (χ0) is 22.7. The van der Waals surface area contributed by atoms with Gasteiger partial charge in [0.05, 0.1) is 27.2 Å². The maximum absolute atomic E-state index is 13.0. The third kappa shape index (κ3) is 4.26. The fourth-order valence-electron chi connectivity index (χ4n) is 4.05. The Balaban J connectivity index is 1.55. The summed E-state index contributed by atoms with van der Waals surface area (Å²) < 4.78 is 21.8. The van der Waals surface area contributed by atoms with Crippen molar-refractivity contribution in [3.63, 3.8) is 0 Å². The van der Waals surface area contributed by atoms with Gasteiger partial charge in [0, 0.05) is 24.2 Å². The summed E-state index contributed by atoms with van der Waals surface area (Å²) in [4.78, 5) is 19.5. The van der Waals surface area contributed by atoms with E-state index in [-0.39, 0.29) is 11.8 Å². The Morgan fingerprint density at radius 1 is 1.09 bits per heavy atom. The monoisotopic (exact) mass is 437 g/mol. The molecule has 1 atom stereocenters. The highest BCUT2D eigenvalue weighted by atomic mass is 16.5. The molecule has 32 heavy (non-hydrogen) atoms. The number of aryl methyl sites for hydroxylation is 1. The van der Waals surface area contributed by atoms with Gasteiger partial charge in [-0.2, -0.15) is 4.98 Å². The van der Waals surface area contributed by atoms with Crippen molar-refractivity contribution in [2.24, 2.45) is 0 Å². The van der Waals surface area contributed by atoms with Gasteiger partial charge < -0.3 is 23.6 Å². The van der Waals surface area contributed by atoms with E-state index in [2.05, 4.69) is 10.1 Å². The first-order chi connectivity index (χ1) is 15.5. The van der Waals surface area contributed by atoms with E-state index in [4.69, 9.17) is 18.7 Å². The van der Waals surface area contributed by atoms with E-state index in [1.807, 2.05) is 36.1 Å². The molecule has 8 nitrogen and oxygen atoms in total. The molecule has 0 radical (unpaired) electrons. The van der Waals surface area contributed by atoms with Crippen molar-refractivity contribution < 1.29 is 23.5 Å². The molecule has 1 amide bonds. The number of piperidine rings is 1. The molecule has 2 aromatic carbocycles. The van der Waals surface area contributed by atoms with Gasteiger partial charge in [-0.05, 0) is 44.0 Å². The summed E-state index contributed by atoms with van der Waals surface area (Å²) in [6.45, 7) is 3.25. The van der Waals surface area contributed by atoms with Crippen LogP contribution in [0.2, 0.25) is 0 Å². The number of nitrogens with zero attached hydrogens (tertiary/aromatic N) is 3. The van der Waals surface area contributed by atoms with Crippen LogP contribution in [0.15, 0.2) is 40.9 Å². The number of rotatable bonds is 6. The van der Waals surface area contributed by atoms with Gasteiger partial charge in [0.15, 0.2) is 11.5 Å². The Bertz CT molecular complexity index is 1090. The van der Waals surface area contributed by atoms with Crippen molar-refractivity contribution in [2.75, 3.05) is 34.4 Å². The van der Waals surface area contributed by atoms with Crippen LogP contribution in [0.5, 0.6) is 17.2 Å². The van der Waals surface area contributed by atoms with Crippen molar-refractivity contribution in [3.8, 4) is 28.6 Å². The quantitative estimate of drug-likeness (QED) is 0.574. The van der Waals surface area contributed by atoms with Gasteiger partial charge in [-0.1, -0.05) is 22.9 Å². The molecule has 1 saturated heterocycles. The minimum absolute atomic E-state index is 0.0131. The Morgan fingerprint density at radius 3 is 2.50 bits per heavy atom. The molecule has 1 aliphatic heterocycles. The number of carbonyl (C=O) groups is 1. The fraction of sp³-hybridized carbons (Fsp3) is 0.375. The van der Waals surface area contributed by atoms with Crippen LogP contribution in [-0.4, -0.2) is 55.4 Å². The maximum atomic E-state index is 13.0. The van der Waals surface area contributed by atoms with Crippen molar-refractivity contribution >= 4 is 5.91 Å². The normalized spacial score (nSPS) is 16.0. The number of ether oxygens (including phenoxy) is 3. The predicted octanol–water partition coefficient (Wildman–Crippen LogP) is 4.09. The van der Waals surface area contributed by atoms with Crippen molar-refractivity contribution in [3.05, 3.63) is 53.4 Å². The van der Waals surface area contributed by atoms with Crippen molar-refractivity contribution in [1.29, 1.82) is 0 Å². The predicted molar refractivity (Wildman–Crippen MR) is 118 cm³/mol. The molecule has 1 fully saturated rings. The van der Waals surface area contributed by atoms with Gasteiger partial charge in [-0.15, -0.1) is 0 Å². The standard InChI is InChI=1S/C24H27N3O5/c1-15-7-5-8-16(11-15)24(28)27-10-6-9-17(14-27)23-25-22(26-32-23)18-12-19(29-2)21(31-4)20(13-18)30-3/h5,7-8,11-13,17H,6,9-10,14H2,1-4H3/t17-/m0/s1. The van der Waals surface area contributed by atoms with Crippen LogP contribution < -0.4 is 14.2 Å². The van der Waals surface area contributed by atoms with Crippen molar-refractivity contribution in [1.82, 2.24) is 15.0 Å². The summed E-state index contributed by atoms with van der Waals surface area (Å²) >= 11 is 0. The molecular weight excluding hydrogens is 410 g/mol. The molecule has 0 saturated carbocycles. The Labute approximate surface area is 187 Å². The molecule has 2 heterocycles. The lowest BCUT2D eigenvalue weighted by atomic mass is 9.97. The number of hydrogen-bond donors (Lipinski definition) is 0. The molecule has 0 aliphatic carbocycles. The molecule has 8 heteroatoms. The SMILES string of the molecule is COc1cc(-c2noc([C@H]3CCCN(C(=O)c4cccc(C)c4)C3)n2)cc(OC)c1OC. The van der Waals surface area contributed by atoms with E-state index in [9.17, 15) is 4.79 Å². The first-order valence-corrected chi connectivity index (χ1v) is 10.5. The highest BCUT2D eigenvalue weighted by Gasteiger charge is 2.29. The summed E-state index contributed by atoms with van der Waals surface area (Å²) in [5.74, 6) is 2.50. The van der Waals surface area contributed by atoms with Crippen LogP contribution in [-0.2, 0) is 0 Å². The second-order valence-corrected chi connectivity index (χ2v) is 7.83. The molecule has 1 aromatic heterocycles. The molecule has 168 valence electrons. The maximum Gasteiger partial charge on any atom is 0.253 e. The lowest BCUT2D eigenvalue weighted by Gasteiger charge is -2.31. The number of hydrogen-bond acceptors (Lipinski definition) is 7. The lowest BCUT2D eigenvalue weighted by molar-refractivity contribution is 0.0695. The smallest absolute Gasteiger partial charge is 0.253 e. The summed E-state index contributed by atoms with van der Waals surface area (Å²) in [7, 11) is 4.68. The van der Waals surface area contributed by atoms with E-state index < -0.39 is 0 Å². The number of carbonyl (C=O) groups excluding carboxylic acids is 1. The summed E-state index contributed by atoms with van der Waals surface area (Å²) in [6.07, 6.45) is 1.76. The fourth-order valence-corrected chi connectivity index (χ4v) is 4.05. The van der Waals surface area contributed by atoms with Crippen LogP contribution in [0.25, 0.3) is 11.4 Å². The van der Waals surface area contributed by atoms with Crippen LogP contribution in [0.4, 0.5) is 0 Å². The third-order valence-corrected chi connectivity index (χ3v) is 5.69. The van der Waals surface area contributed by atoms with Gasteiger partial charge >= 0.3 is 0 Å². The average molecular weight is 437 g/mol. The molecule has 0 N–H and O–H groups in total. The van der Waals surface area contributed by atoms with E-state index in [0.717, 1.165) is 24.9 Å². The van der Waals surface area contributed by atoms with Gasteiger partial charge in [0.2, 0.25) is 17.5 Å². The minimum atomic E-state index is -0.0131. The molecule has 1 aliphatic rings. The van der Waals surface area contributed by atoms with Gasteiger partial charge in [0.25, 0.3) is 5.91 Å². The molecule has 3 aromatic rings. The molecule has 0 bridgehead atoms. The zero-order valence-electron chi connectivity index (χ0n) is 18.8. The van der Waals surface area contributed by atoms with E-state index in [0.29, 0.717) is 46.6 Å². The first kappa shape index (κ1) is 21.7. The van der Waals surface area contributed by atoms with E-state index in [1.54, 1.807) is 33.5 Å². The number of amides is 1. The Kier molecular flexibility index (Phi) is 6.30. The van der Waals surface area contributed by atoms with Crippen LogP contribution >= 0.6 is 0 Å². The number of benzene rings is 2. The zero-order valence-corrected chi connectivity index (χ0v) is 18.8. The van der Waals surface area contributed by atoms with E-state index in [1.165, 1.54) is 0 Å². The number of likely N-dealkylation sites (tertiary alicyclic amines) is 1. The largest absolute Gasteiger partial charge is 0.493 e.